The Labute approximate surface area is 156 Å². The van der Waals surface area contributed by atoms with E-state index in [1.54, 1.807) is 10.8 Å². The smallest absolute Gasteiger partial charge is 0.224 e. The molecule has 5 heterocycles. The highest BCUT2D eigenvalue weighted by molar-refractivity contribution is 5.93. The summed E-state index contributed by atoms with van der Waals surface area (Å²) in [6, 6.07) is 4.00. The number of fused-ring (bicyclic) bond motifs is 2. The van der Waals surface area contributed by atoms with Gasteiger partial charge in [-0.25, -0.2) is 14.5 Å². The lowest BCUT2D eigenvalue weighted by Crippen LogP contribution is -2.33. The number of nitrogens with zero attached hydrogens (tertiary/aromatic N) is 6. The van der Waals surface area contributed by atoms with Crippen molar-refractivity contribution in [2.75, 3.05) is 32.0 Å². The van der Waals surface area contributed by atoms with Gasteiger partial charge in [0.2, 0.25) is 5.95 Å². The molecule has 8 heteroatoms. The van der Waals surface area contributed by atoms with E-state index in [4.69, 9.17) is 0 Å². The monoisotopic (exact) mass is 362 g/mol. The van der Waals surface area contributed by atoms with Gasteiger partial charge in [0, 0.05) is 41.6 Å². The van der Waals surface area contributed by atoms with E-state index >= 15 is 0 Å². The molecule has 138 valence electrons. The minimum Gasteiger partial charge on any atom is -0.354 e. The topological polar surface area (TPSA) is 87.0 Å². The maximum atomic E-state index is 4.65. The van der Waals surface area contributed by atoms with Gasteiger partial charge in [0.25, 0.3) is 0 Å². The van der Waals surface area contributed by atoms with E-state index in [-0.39, 0.29) is 0 Å². The molecule has 0 radical (unpaired) electrons. The lowest BCUT2D eigenvalue weighted by Gasteiger charge is -2.28. The number of H-pyrrole nitrogens is 1. The molecule has 1 saturated heterocycles. The molecular formula is C19H22N8. The van der Waals surface area contributed by atoms with Gasteiger partial charge in [-0.2, -0.15) is 10.1 Å². The predicted molar refractivity (Wildman–Crippen MR) is 105 cm³/mol. The zero-order valence-corrected chi connectivity index (χ0v) is 15.3. The number of anilines is 1. The van der Waals surface area contributed by atoms with Gasteiger partial charge >= 0.3 is 0 Å². The van der Waals surface area contributed by atoms with Crippen molar-refractivity contribution in [3.8, 4) is 11.1 Å². The van der Waals surface area contributed by atoms with Gasteiger partial charge in [0.05, 0.1) is 0 Å². The Kier molecular flexibility index (Phi) is 3.97. The first kappa shape index (κ1) is 16.2. The summed E-state index contributed by atoms with van der Waals surface area (Å²) in [7, 11) is 2.18. The van der Waals surface area contributed by atoms with E-state index in [2.05, 4.69) is 42.3 Å². The minimum absolute atomic E-state index is 0.682. The molecule has 0 aliphatic carbocycles. The first-order valence-corrected chi connectivity index (χ1v) is 9.32. The molecule has 0 saturated carbocycles. The van der Waals surface area contributed by atoms with Gasteiger partial charge in [-0.1, -0.05) is 0 Å². The first-order valence-electron chi connectivity index (χ1n) is 9.32. The molecule has 4 aromatic rings. The Bertz CT molecular complexity index is 1070. The van der Waals surface area contributed by atoms with Gasteiger partial charge in [-0.3, -0.25) is 0 Å². The average molecular weight is 362 g/mol. The molecule has 27 heavy (non-hydrogen) atoms. The van der Waals surface area contributed by atoms with Crippen LogP contribution < -0.4 is 5.32 Å². The van der Waals surface area contributed by atoms with Gasteiger partial charge in [0.15, 0.2) is 5.65 Å². The highest BCUT2D eigenvalue weighted by atomic mass is 15.3. The van der Waals surface area contributed by atoms with Crippen molar-refractivity contribution in [2.45, 2.75) is 12.8 Å². The van der Waals surface area contributed by atoms with E-state index in [1.807, 2.05) is 30.7 Å². The van der Waals surface area contributed by atoms with E-state index < -0.39 is 0 Å². The maximum absolute atomic E-state index is 4.65. The Hall–Kier alpha value is -3.00. The summed E-state index contributed by atoms with van der Waals surface area (Å²) in [6.45, 7) is 3.26. The molecule has 5 rings (SSSR count). The quantitative estimate of drug-likeness (QED) is 0.580. The fraction of sp³-hybridized carbons (Fsp3) is 0.368. The molecule has 0 bridgehead atoms. The number of nitrogens with one attached hydrogen (secondary N) is 2. The van der Waals surface area contributed by atoms with Gasteiger partial charge in [0.1, 0.15) is 12.0 Å². The summed E-state index contributed by atoms with van der Waals surface area (Å²) >= 11 is 0. The maximum Gasteiger partial charge on any atom is 0.224 e. The van der Waals surface area contributed by atoms with E-state index in [1.165, 1.54) is 25.9 Å². The number of hydrogen-bond acceptors (Lipinski definition) is 6. The molecule has 8 nitrogen and oxygen atoms in total. The van der Waals surface area contributed by atoms with Crippen LogP contribution in [0.3, 0.4) is 0 Å². The van der Waals surface area contributed by atoms with Crippen LogP contribution in [0, 0.1) is 5.92 Å². The summed E-state index contributed by atoms with van der Waals surface area (Å²) in [5, 5.41) is 8.62. The van der Waals surface area contributed by atoms with Crippen LogP contribution in [0.4, 0.5) is 5.95 Å². The van der Waals surface area contributed by atoms with Crippen LogP contribution >= 0.6 is 0 Å². The van der Waals surface area contributed by atoms with Crippen molar-refractivity contribution in [1.29, 1.82) is 0 Å². The second kappa shape index (κ2) is 6.62. The molecule has 2 N–H and O–H groups in total. The van der Waals surface area contributed by atoms with Gasteiger partial charge < -0.3 is 15.2 Å². The van der Waals surface area contributed by atoms with Gasteiger partial charge in [-0.15, -0.1) is 0 Å². The molecule has 0 spiro atoms. The first-order chi connectivity index (χ1) is 13.3. The van der Waals surface area contributed by atoms with Crippen LogP contribution in [0.5, 0.6) is 0 Å². The minimum atomic E-state index is 0.682. The van der Waals surface area contributed by atoms with Crippen molar-refractivity contribution in [2.24, 2.45) is 5.92 Å². The molecular weight excluding hydrogens is 340 g/mol. The second-order valence-electron chi connectivity index (χ2n) is 7.27. The fourth-order valence-corrected chi connectivity index (χ4v) is 3.71. The number of piperidine rings is 1. The molecule has 1 fully saturated rings. The van der Waals surface area contributed by atoms with Crippen LogP contribution in [0.2, 0.25) is 0 Å². The highest BCUT2D eigenvalue weighted by Gasteiger charge is 2.17. The van der Waals surface area contributed by atoms with Crippen LogP contribution in [-0.4, -0.2) is 61.1 Å². The number of aromatic nitrogens is 6. The fourth-order valence-electron chi connectivity index (χ4n) is 3.71. The summed E-state index contributed by atoms with van der Waals surface area (Å²) in [4.78, 5) is 19.0. The van der Waals surface area contributed by atoms with Crippen molar-refractivity contribution in [3.05, 3.63) is 37.1 Å². The normalized spacial score (nSPS) is 16.3. The third-order valence-electron chi connectivity index (χ3n) is 5.40. The summed E-state index contributed by atoms with van der Waals surface area (Å²) in [5.74, 6) is 1.37. The standard InChI is InChI=1S/C19H22N8/c1-26-6-4-13(5-7-26)8-21-19-22-10-16-15(9-20-18(16)25-19)14-2-3-17-23-12-24-27(17)11-14/h2-3,9-13H,4-8H2,1H3,(H2,20,21,22,25). The molecule has 0 amide bonds. The summed E-state index contributed by atoms with van der Waals surface area (Å²) < 4.78 is 1.77. The zero-order valence-electron chi connectivity index (χ0n) is 15.3. The Balaban J connectivity index is 1.36. The number of aromatic amines is 1. The lowest BCUT2D eigenvalue weighted by molar-refractivity contribution is 0.226. The molecule has 0 aromatic carbocycles. The van der Waals surface area contributed by atoms with Crippen LogP contribution in [0.1, 0.15) is 12.8 Å². The largest absolute Gasteiger partial charge is 0.354 e. The van der Waals surface area contributed by atoms with Crippen molar-refractivity contribution in [1.82, 2.24) is 34.4 Å². The van der Waals surface area contributed by atoms with Crippen LogP contribution in [0.25, 0.3) is 27.8 Å². The highest BCUT2D eigenvalue weighted by Crippen LogP contribution is 2.28. The lowest BCUT2D eigenvalue weighted by atomic mass is 9.97. The molecule has 1 aliphatic heterocycles. The molecule has 0 atom stereocenters. The molecule has 4 aromatic heterocycles. The number of rotatable bonds is 4. The third-order valence-corrected chi connectivity index (χ3v) is 5.40. The van der Waals surface area contributed by atoms with E-state index in [0.717, 1.165) is 34.4 Å². The molecule has 1 aliphatic rings. The van der Waals surface area contributed by atoms with Gasteiger partial charge in [-0.05, 0) is 51.0 Å². The Morgan fingerprint density at radius 1 is 1.22 bits per heavy atom. The molecule has 0 unspecified atom stereocenters. The average Bonchev–Trinajstić information content (AvgIpc) is 3.33. The summed E-state index contributed by atoms with van der Waals surface area (Å²) in [5.41, 5.74) is 3.78. The zero-order chi connectivity index (χ0) is 18.2. The van der Waals surface area contributed by atoms with Crippen LogP contribution in [0.15, 0.2) is 37.1 Å². The predicted octanol–water partition coefficient (Wildman–Crippen LogP) is 2.42. The third kappa shape index (κ3) is 3.12. The summed E-state index contributed by atoms with van der Waals surface area (Å²) in [6.07, 6.45) is 9.83. The number of likely N-dealkylation sites (tertiary alicyclic amines) is 1. The van der Waals surface area contributed by atoms with Crippen LogP contribution in [-0.2, 0) is 0 Å². The second-order valence-corrected chi connectivity index (χ2v) is 7.27. The van der Waals surface area contributed by atoms with Crippen molar-refractivity contribution >= 4 is 22.6 Å². The van der Waals surface area contributed by atoms with E-state index in [9.17, 15) is 0 Å². The Morgan fingerprint density at radius 3 is 3.00 bits per heavy atom. The SMILES string of the molecule is CN1CCC(CNc2ncc3c(-c4ccc5ncnn5c4)c[nH]c3n2)CC1. The van der Waals surface area contributed by atoms with Crippen molar-refractivity contribution in [3.63, 3.8) is 0 Å². The number of pyridine rings is 1. The van der Waals surface area contributed by atoms with Crippen molar-refractivity contribution < 1.29 is 0 Å². The Morgan fingerprint density at radius 2 is 2.11 bits per heavy atom. The van der Waals surface area contributed by atoms with E-state index in [0.29, 0.717) is 11.9 Å². The number of hydrogen-bond donors (Lipinski definition) is 2.